The summed E-state index contributed by atoms with van der Waals surface area (Å²) in [6.07, 6.45) is -2.71. The fraction of sp³-hybridized carbons (Fsp3) is 0.462. The van der Waals surface area contributed by atoms with Gasteiger partial charge in [0.15, 0.2) is 6.17 Å². The van der Waals surface area contributed by atoms with Crippen molar-refractivity contribution in [1.82, 2.24) is 5.06 Å². The third-order valence-electron chi connectivity index (χ3n) is 2.79. The topological polar surface area (TPSA) is 59.0 Å². The highest BCUT2D eigenvalue weighted by Crippen LogP contribution is 2.09. The van der Waals surface area contributed by atoms with Crippen LogP contribution < -0.4 is 0 Å². The Labute approximate surface area is 110 Å². The smallest absolute Gasteiger partial charge is 0.357 e. The summed E-state index contributed by atoms with van der Waals surface area (Å²) in [5.74, 6) is -0.538. The van der Waals surface area contributed by atoms with Gasteiger partial charge in [-0.15, -0.1) is 5.06 Å². The van der Waals surface area contributed by atoms with Crippen molar-refractivity contribution in [3.8, 4) is 0 Å². The number of aliphatic hydroxyl groups is 1. The first-order valence-corrected chi connectivity index (χ1v) is 6.09. The normalized spacial score (nSPS) is 25.4. The summed E-state index contributed by atoms with van der Waals surface area (Å²) in [7, 11) is 0. The summed E-state index contributed by atoms with van der Waals surface area (Å²) < 4.78 is 18.3. The zero-order valence-electron chi connectivity index (χ0n) is 10.4. The monoisotopic (exact) mass is 269 g/mol. The summed E-state index contributed by atoms with van der Waals surface area (Å²) in [5.41, 5.74) is 0.400. The van der Waals surface area contributed by atoms with E-state index in [1.165, 1.54) is 5.06 Å². The number of benzene rings is 1. The van der Waals surface area contributed by atoms with E-state index in [0.717, 1.165) is 0 Å². The maximum Gasteiger partial charge on any atom is 0.357 e. The van der Waals surface area contributed by atoms with Crippen LogP contribution in [0.5, 0.6) is 0 Å². The van der Waals surface area contributed by atoms with Crippen LogP contribution in [0.2, 0.25) is 0 Å². The first kappa shape index (κ1) is 13.9. The molecule has 1 aromatic carbocycles. The van der Waals surface area contributed by atoms with Crippen LogP contribution in [0.15, 0.2) is 30.3 Å². The molecule has 1 aliphatic rings. The maximum absolute atomic E-state index is 13.3. The number of alkyl halides is 1. The molecule has 0 aromatic heterocycles. The lowest BCUT2D eigenvalue weighted by Crippen LogP contribution is -2.44. The van der Waals surface area contributed by atoms with Crippen LogP contribution in [0.25, 0.3) is 0 Å². The SMILES string of the molecule is O=C(ON1CCOC[C@H](F)[C@@H](O)C1)c1ccccc1. The summed E-state index contributed by atoms with van der Waals surface area (Å²) in [6.45, 7) is 0.336. The molecule has 0 bridgehead atoms. The van der Waals surface area contributed by atoms with Crippen molar-refractivity contribution in [2.24, 2.45) is 0 Å². The largest absolute Gasteiger partial charge is 0.389 e. The second kappa shape index (κ2) is 6.60. The summed E-state index contributed by atoms with van der Waals surface area (Å²) in [5, 5.41) is 10.8. The fourth-order valence-corrected chi connectivity index (χ4v) is 1.71. The van der Waals surface area contributed by atoms with Crippen molar-refractivity contribution in [3.05, 3.63) is 35.9 Å². The van der Waals surface area contributed by atoms with Gasteiger partial charge in [0.25, 0.3) is 0 Å². The van der Waals surface area contributed by atoms with Crippen LogP contribution in [-0.2, 0) is 9.57 Å². The second-order valence-corrected chi connectivity index (χ2v) is 4.29. The van der Waals surface area contributed by atoms with E-state index in [4.69, 9.17) is 9.57 Å². The van der Waals surface area contributed by atoms with Crippen molar-refractivity contribution >= 4 is 5.97 Å². The van der Waals surface area contributed by atoms with Gasteiger partial charge in [-0.25, -0.2) is 9.18 Å². The van der Waals surface area contributed by atoms with E-state index in [1.54, 1.807) is 30.3 Å². The van der Waals surface area contributed by atoms with Crippen LogP contribution in [0.4, 0.5) is 4.39 Å². The number of β-amino-alcohol motifs (C(OH)–C–C–N with tert-alkyl or cyclic N) is 1. The molecule has 1 N–H and O–H groups in total. The van der Waals surface area contributed by atoms with Gasteiger partial charge in [-0.05, 0) is 12.1 Å². The molecule has 2 atom stereocenters. The van der Waals surface area contributed by atoms with Gasteiger partial charge in [-0.3, -0.25) is 0 Å². The Morgan fingerprint density at radius 1 is 1.42 bits per heavy atom. The molecule has 1 aliphatic heterocycles. The molecule has 19 heavy (non-hydrogen) atoms. The van der Waals surface area contributed by atoms with E-state index in [0.29, 0.717) is 12.1 Å². The minimum Gasteiger partial charge on any atom is -0.389 e. The lowest BCUT2D eigenvalue weighted by atomic mass is 10.2. The molecule has 2 rings (SSSR count). The second-order valence-electron chi connectivity index (χ2n) is 4.29. The minimum atomic E-state index is -1.47. The van der Waals surface area contributed by atoms with Gasteiger partial charge in [0.1, 0.15) is 6.10 Å². The quantitative estimate of drug-likeness (QED) is 0.860. The Hall–Kier alpha value is -1.50. The van der Waals surface area contributed by atoms with Crippen molar-refractivity contribution in [2.45, 2.75) is 12.3 Å². The van der Waals surface area contributed by atoms with E-state index in [9.17, 15) is 14.3 Å². The number of ether oxygens (including phenoxy) is 1. The molecule has 1 fully saturated rings. The van der Waals surface area contributed by atoms with Gasteiger partial charge in [0.05, 0.1) is 31.9 Å². The van der Waals surface area contributed by atoms with Crippen molar-refractivity contribution in [3.63, 3.8) is 0 Å². The van der Waals surface area contributed by atoms with E-state index in [-0.39, 0.29) is 19.8 Å². The van der Waals surface area contributed by atoms with E-state index < -0.39 is 18.2 Å². The highest BCUT2D eigenvalue weighted by Gasteiger charge is 2.26. The standard InChI is InChI=1S/C13H16FNO4/c14-11-9-18-7-6-15(8-12(11)16)19-13(17)10-4-2-1-3-5-10/h1-5,11-12,16H,6-9H2/t11-,12-/m0/s1. The zero-order chi connectivity index (χ0) is 13.7. The highest BCUT2D eigenvalue weighted by molar-refractivity contribution is 5.89. The third-order valence-corrected chi connectivity index (χ3v) is 2.79. The van der Waals surface area contributed by atoms with Gasteiger partial charge in [-0.1, -0.05) is 18.2 Å². The molecule has 104 valence electrons. The molecule has 0 radical (unpaired) electrons. The number of aliphatic hydroxyl groups excluding tert-OH is 1. The number of nitrogens with zero attached hydrogens (tertiary/aromatic N) is 1. The van der Waals surface area contributed by atoms with E-state index in [1.807, 2.05) is 0 Å². The molecule has 6 heteroatoms. The number of rotatable bonds is 2. The summed E-state index contributed by atoms with van der Waals surface area (Å²) in [4.78, 5) is 16.9. The first-order valence-electron chi connectivity index (χ1n) is 6.09. The van der Waals surface area contributed by atoms with Gasteiger partial charge in [0, 0.05) is 0 Å². The Bertz CT molecular complexity index is 414. The van der Waals surface area contributed by atoms with Gasteiger partial charge in [0.2, 0.25) is 0 Å². The molecule has 0 saturated carbocycles. The number of carbonyl (C=O) groups is 1. The van der Waals surface area contributed by atoms with Crippen molar-refractivity contribution < 1.29 is 23.9 Å². The Kier molecular flexibility index (Phi) is 4.84. The third kappa shape index (κ3) is 3.99. The highest BCUT2D eigenvalue weighted by atomic mass is 19.1. The molecule has 0 unspecified atom stereocenters. The molecular formula is C13H16FNO4. The number of halogens is 1. The van der Waals surface area contributed by atoms with Crippen LogP contribution >= 0.6 is 0 Å². The molecule has 1 saturated heterocycles. The lowest BCUT2D eigenvalue weighted by molar-refractivity contribution is -0.158. The van der Waals surface area contributed by atoms with Gasteiger partial charge < -0.3 is 14.7 Å². The van der Waals surface area contributed by atoms with Crippen molar-refractivity contribution in [1.29, 1.82) is 0 Å². The molecule has 1 aromatic rings. The summed E-state index contributed by atoms with van der Waals surface area (Å²) in [6, 6.07) is 8.48. The van der Waals surface area contributed by atoms with Crippen LogP contribution in [0, 0.1) is 0 Å². The minimum absolute atomic E-state index is 0.0664. The molecule has 0 amide bonds. The predicted octanol–water partition coefficient (Wildman–Crippen LogP) is 0.790. The van der Waals surface area contributed by atoms with E-state index >= 15 is 0 Å². The Balaban J connectivity index is 1.95. The predicted molar refractivity (Wildman–Crippen MR) is 65.2 cm³/mol. The Morgan fingerprint density at radius 2 is 2.16 bits per heavy atom. The molecular weight excluding hydrogens is 253 g/mol. The number of hydrogen-bond donors (Lipinski definition) is 1. The van der Waals surface area contributed by atoms with Crippen LogP contribution in [-0.4, -0.2) is 54.7 Å². The average Bonchev–Trinajstić information content (AvgIpc) is 2.42. The van der Waals surface area contributed by atoms with Gasteiger partial charge >= 0.3 is 5.97 Å². The fourth-order valence-electron chi connectivity index (χ4n) is 1.71. The number of hydrogen-bond acceptors (Lipinski definition) is 5. The molecule has 0 spiro atoms. The Morgan fingerprint density at radius 3 is 2.89 bits per heavy atom. The number of hydroxylamine groups is 2. The van der Waals surface area contributed by atoms with Crippen molar-refractivity contribution in [2.75, 3.05) is 26.3 Å². The molecule has 1 heterocycles. The number of carbonyl (C=O) groups excluding carboxylic acids is 1. The van der Waals surface area contributed by atoms with Gasteiger partial charge in [-0.2, -0.15) is 0 Å². The van der Waals surface area contributed by atoms with Crippen LogP contribution in [0.3, 0.4) is 0 Å². The average molecular weight is 269 g/mol. The zero-order valence-corrected chi connectivity index (χ0v) is 10.4. The lowest BCUT2D eigenvalue weighted by Gasteiger charge is -2.27. The molecule has 5 nitrogen and oxygen atoms in total. The maximum atomic E-state index is 13.3. The molecule has 0 aliphatic carbocycles. The first-order chi connectivity index (χ1) is 9.16. The van der Waals surface area contributed by atoms with E-state index in [2.05, 4.69) is 0 Å². The summed E-state index contributed by atoms with van der Waals surface area (Å²) >= 11 is 0. The van der Waals surface area contributed by atoms with Crippen LogP contribution in [0.1, 0.15) is 10.4 Å².